The van der Waals surface area contributed by atoms with E-state index < -0.39 is 18.4 Å². The molecular formula is C12H14F3NO3. The van der Waals surface area contributed by atoms with E-state index in [2.05, 4.69) is 4.74 Å². The quantitative estimate of drug-likeness (QED) is 0.840. The fourth-order valence-electron chi connectivity index (χ4n) is 1.43. The van der Waals surface area contributed by atoms with Crippen LogP contribution in [-0.2, 0) is 9.53 Å². The molecule has 4 nitrogen and oxygen atoms in total. The fraction of sp³-hybridized carbons (Fsp3) is 0.417. The molecule has 0 heterocycles. The van der Waals surface area contributed by atoms with Crippen molar-refractivity contribution in [2.24, 2.45) is 5.73 Å². The van der Waals surface area contributed by atoms with Gasteiger partial charge in [-0.3, -0.25) is 4.79 Å². The van der Waals surface area contributed by atoms with Crippen molar-refractivity contribution in [1.29, 1.82) is 0 Å². The summed E-state index contributed by atoms with van der Waals surface area (Å²) < 4.78 is 44.3. The van der Waals surface area contributed by atoms with Gasteiger partial charge >= 0.3 is 12.3 Å². The zero-order valence-electron chi connectivity index (χ0n) is 10.2. The van der Waals surface area contributed by atoms with E-state index in [-0.39, 0.29) is 18.8 Å². The second-order valence-corrected chi connectivity index (χ2v) is 3.73. The summed E-state index contributed by atoms with van der Waals surface area (Å²) in [7, 11) is 0. The number of ether oxygens (including phenoxy) is 2. The molecule has 19 heavy (non-hydrogen) atoms. The van der Waals surface area contributed by atoms with E-state index >= 15 is 0 Å². The second-order valence-electron chi connectivity index (χ2n) is 3.73. The highest BCUT2D eigenvalue weighted by Gasteiger charge is 2.31. The van der Waals surface area contributed by atoms with Gasteiger partial charge in [0.05, 0.1) is 13.0 Å². The van der Waals surface area contributed by atoms with Crippen LogP contribution in [0.3, 0.4) is 0 Å². The van der Waals surface area contributed by atoms with Crippen LogP contribution < -0.4 is 10.5 Å². The third-order valence-corrected chi connectivity index (χ3v) is 2.23. The van der Waals surface area contributed by atoms with Gasteiger partial charge in [0, 0.05) is 6.04 Å². The smallest absolute Gasteiger partial charge is 0.466 e. The monoisotopic (exact) mass is 277 g/mol. The maximum Gasteiger partial charge on any atom is 0.573 e. The number of esters is 1. The topological polar surface area (TPSA) is 61.5 Å². The average molecular weight is 277 g/mol. The summed E-state index contributed by atoms with van der Waals surface area (Å²) in [5, 5.41) is 0. The zero-order valence-corrected chi connectivity index (χ0v) is 10.2. The van der Waals surface area contributed by atoms with Crippen LogP contribution in [0, 0.1) is 0 Å². The molecule has 0 radical (unpaired) electrons. The first-order valence-electron chi connectivity index (χ1n) is 5.58. The van der Waals surface area contributed by atoms with Crippen LogP contribution in [0.4, 0.5) is 13.2 Å². The molecule has 0 fully saturated rings. The Morgan fingerprint density at radius 1 is 1.32 bits per heavy atom. The third kappa shape index (κ3) is 5.60. The van der Waals surface area contributed by atoms with Gasteiger partial charge < -0.3 is 15.2 Å². The van der Waals surface area contributed by atoms with Gasteiger partial charge in [-0.15, -0.1) is 13.2 Å². The lowest BCUT2D eigenvalue weighted by Gasteiger charge is -2.13. The van der Waals surface area contributed by atoms with Gasteiger partial charge in [-0.05, 0) is 24.6 Å². The molecule has 0 aliphatic rings. The predicted octanol–water partition coefficient (Wildman–Crippen LogP) is 2.54. The minimum atomic E-state index is -4.73. The number of halogens is 3. The fourth-order valence-corrected chi connectivity index (χ4v) is 1.43. The molecule has 106 valence electrons. The Kier molecular flexibility index (Phi) is 5.17. The van der Waals surface area contributed by atoms with Gasteiger partial charge in [0.2, 0.25) is 0 Å². The standard InChI is InChI=1S/C12H14F3NO3/c1-2-18-11(17)7-10(16)8-3-5-9(6-4-8)19-12(13,14)15/h3-6,10H,2,7,16H2,1H3/t10-/m1/s1. The van der Waals surface area contributed by atoms with Crippen LogP contribution in [0.15, 0.2) is 24.3 Å². The molecule has 2 N–H and O–H groups in total. The van der Waals surface area contributed by atoms with Crippen molar-refractivity contribution in [2.45, 2.75) is 25.7 Å². The molecule has 0 aliphatic heterocycles. The number of rotatable bonds is 5. The van der Waals surface area contributed by atoms with Crippen molar-refractivity contribution in [3.05, 3.63) is 29.8 Å². The third-order valence-electron chi connectivity index (χ3n) is 2.23. The van der Waals surface area contributed by atoms with Gasteiger partial charge in [-0.2, -0.15) is 0 Å². The maximum atomic E-state index is 11.9. The minimum Gasteiger partial charge on any atom is -0.466 e. The van der Waals surface area contributed by atoms with Crippen molar-refractivity contribution in [3.8, 4) is 5.75 Å². The summed E-state index contributed by atoms with van der Waals surface area (Å²) in [6, 6.07) is 4.43. The Balaban J connectivity index is 2.63. The van der Waals surface area contributed by atoms with Gasteiger partial charge in [0.1, 0.15) is 5.75 Å². The zero-order chi connectivity index (χ0) is 14.5. The Bertz CT molecular complexity index is 417. The number of alkyl halides is 3. The molecule has 0 spiro atoms. The summed E-state index contributed by atoms with van der Waals surface area (Å²) >= 11 is 0. The number of nitrogens with two attached hydrogens (primary N) is 1. The molecule has 0 saturated carbocycles. The largest absolute Gasteiger partial charge is 0.573 e. The van der Waals surface area contributed by atoms with Crippen LogP contribution in [0.25, 0.3) is 0 Å². The van der Waals surface area contributed by atoms with Crippen molar-refractivity contribution < 1.29 is 27.4 Å². The lowest BCUT2D eigenvalue weighted by Crippen LogP contribution is -2.18. The SMILES string of the molecule is CCOC(=O)C[C@@H](N)c1ccc(OC(F)(F)F)cc1. The molecule has 1 rings (SSSR count). The summed E-state index contributed by atoms with van der Waals surface area (Å²) in [4.78, 5) is 11.2. The van der Waals surface area contributed by atoms with E-state index in [0.29, 0.717) is 5.56 Å². The average Bonchev–Trinajstić information content (AvgIpc) is 2.27. The van der Waals surface area contributed by atoms with E-state index in [4.69, 9.17) is 10.5 Å². The van der Waals surface area contributed by atoms with E-state index in [1.807, 2.05) is 0 Å². The highest BCUT2D eigenvalue weighted by molar-refractivity contribution is 5.70. The number of hydrogen-bond donors (Lipinski definition) is 1. The Morgan fingerprint density at radius 3 is 2.37 bits per heavy atom. The maximum absolute atomic E-state index is 11.9. The molecule has 0 aliphatic carbocycles. The van der Waals surface area contributed by atoms with E-state index in [0.717, 1.165) is 12.1 Å². The first kappa shape index (κ1) is 15.3. The van der Waals surface area contributed by atoms with Crippen LogP contribution in [0.1, 0.15) is 24.9 Å². The Morgan fingerprint density at radius 2 is 1.89 bits per heavy atom. The summed E-state index contributed by atoms with van der Waals surface area (Å²) in [5.41, 5.74) is 6.27. The second kappa shape index (κ2) is 6.42. The van der Waals surface area contributed by atoms with Crippen LogP contribution >= 0.6 is 0 Å². The summed E-state index contributed by atoms with van der Waals surface area (Å²) in [5.74, 6) is -0.787. The lowest BCUT2D eigenvalue weighted by atomic mass is 10.0. The van der Waals surface area contributed by atoms with E-state index in [1.165, 1.54) is 12.1 Å². The highest BCUT2D eigenvalue weighted by atomic mass is 19.4. The van der Waals surface area contributed by atoms with Crippen molar-refractivity contribution in [3.63, 3.8) is 0 Å². The molecule has 0 bridgehead atoms. The summed E-state index contributed by atoms with van der Waals surface area (Å²) in [6.45, 7) is 1.93. The van der Waals surface area contributed by atoms with Crippen LogP contribution in [0.5, 0.6) is 5.75 Å². The molecule has 0 unspecified atom stereocenters. The molecule has 0 amide bonds. The van der Waals surface area contributed by atoms with Gasteiger partial charge in [0.15, 0.2) is 0 Å². The molecular weight excluding hydrogens is 263 g/mol. The van der Waals surface area contributed by atoms with Crippen molar-refractivity contribution >= 4 is 5.97 Å². The van der Waals surface area contributed by atoms with E-state index in [9.17, 15) is 18.0 Å². The first-order chi connectivity index (χ1) is 8.81. The van der Waals surface area contributed by atoms with Crippen molar-refractivity contribution in [1.82, 2.24) is 0 Å². The number of benzene rings is 1. The Hall–Kier alpha value is -1.76. The van der Waals surface area contributed by atoms with Gasteiger partial charge in [-0.1, -0.05) is 12.1 Å². The van der Waals surface area contributed by atoms with Crippen LogP contribution in [-0.4, -0.2) is 18.9 Å². The van der Waals surface area contributed by atoms with Gasteiger partial charge in [-0.25, -0.2) is 0 Å². The number of hydrogen-bond acceptors (Lipinski definition) is 4. The minimum absolute atomic E-state index is 0.0344. The Labute approximate surface area is 108 Å². The molecule has 1 aromatic carbocycles. The molecule has 1 aromatic rings. The molecule has 0 saturated heterocycles. The normalized spacial score (nSPS) is 12.9. The molecule has 0 aromatic heterocycles. The lowest BCUT2D eigenvalue weighted by molar-refractivity contribution is -0.274. The van der Waals surface area contributed by atoms with Crippen molar-refractivity contribution in [2.75, 3.05) is 6.61 Å². The summed E-state index contributed by atoms with van der Waals surface area (Å²) in [6.07, 6.45) is -4.76. The van der Waals surface area contributed by atoms with Gasteiger partial charge in [0.25, 0.3) is 0 Å². The predicted molar refractivity (Wildman–Crippen MR) is 61.3 cm³/mol. The number of carbonyl (C=O) groups excluding carboxylic acids is 1. The molecule has 7 heteroatoms. The molecule has 1 atom stereocenters. The number of carbonyl (C=O) groups is 1. The highest BCUT2D eigenvalue weighted by Crippen LogP contribution is 2.24. The van der Waals surface area contributed by atoms with E-state index in [1.54, 1.807) is 6.92 Å². The van der Waals surface area contributed by atoms with Crippen LogP contribution in [0.2, 0.25) is 0 Å². The first-order valence-corrected chi connectivity index (χ1v) is 5.58.